The van der Waals surface area contributed by atoms with E-state index in [1.807, 2.05) is 18.5 Å². The van der Waals surface area contributed by atoms with Gasteiger partial charge in [-0.2, -0.15) is 0 Å². The van der Waals surface area contributed by atoms with E-state index in [0.29, 0.717) is 6.04 Å². The highest BCUT2D eigenvalue weighted by Gasteiger charge is 2.23. The van der Waals surface area contributed by atoms with Gasteiger partial charge >= 0.3 is 0 Å². The predicted octanol–water partition coefficient (Wildman–Crippen LogP) is 4.92. The van der Waals surface area contributed by atoms with Gasteiger partial charge in [0, 0.05) is 23.0 Å². The SMILES string of the molecule is Clc1ccc2c(c1)SN=CN2C1CCCCCC1. The largest absolute Gasteiger partial charge is 0.328 e. The summed E-state index contributed by atoms with van der Waals surface area (Å²) in [6, 6.07) is 6.73. The summed E-state index contributed by atoms with van der Waals surface area (Å²) in [6.07, 6.45) is 9.98. The molecule has 2 nitrogen and oxygen atoms in total. The molecule has 0 N–H and O–H groups in total. The first kappa shape index (κ1) is 12.4. The van der Waals surface area contributed by atoms with Crippen LogP contribution in [0.15, 0.2) is 27.5 Å². The number of benzene rings is 1. The highest BCUT2D eigenvalue weighted by Crippen LogP contribution is 2.38. The van der Waals surface area contributed by atoms with Crippen LogP contribution in [-0.4, -0.2) is 12.4 Å². The Balaban J connectivity index is 1.88. The van der Waals surface area contributed by atoms with E-state index in [4.69, 9.17) is 11.6 Å². The van der Waals surface area contributed by atoms with Crippen LogP contribution in [0.4, 0.5) is 5.69 Å². The Morgan fingerprint density at radius 3 is 2.72 bits per heavy atom. The van der Waals surface area contributed by atoms with Gasteiger partial charge in [0.1, 0.15) is 6.34 Å². The molecule has 1 fully saturated rings. The molecule has 1 saturated carbocycles. The Morgan fingerprint density at radius 2 is 1.94 bits per heavy atom. The molecule has 2 aliphatic rings. The number of halogens is 1. The molecule has 0 bridgehead atoms. The van der Waals surface area contributed by atoms with Crippen molar-refractivity contribution in [2.24, 2.45) is 4.40 Å². The molecular weight excluding hydrogens is 264 g/mol. The van der Waals surface area contributed by atoms with E-state index < -0.39 is 0 Å². The highest BCUT2D eigenvalue weighted by molar-refractivity contribution is 7.98. The minimum atomic E-state index is 0.608. The van der Waals surface area contributed by atoms with Crippen molar-refractivity contribution in [1.82, 2.24) is 0 Å². The molecule has 4 heteroatoms. The number of rotatable bonds is 1. The van der Waals surface area contributed by atoms with Crippen molar-refractivity contribution in [3.05, 3.63) is 23.2 Å². The van der Waals surface area contributed by atoms with Crippen LogP contribution in [-0.2, 0) is 0 Å². The number of anilines is 1. The lowest BCUT2D eigenvalue weighted by Crippen LogP contribution is -2.35. The second-order valence-electron chi connectivity index (χ2n) is 4.98. The van der Waals surface area contributed by atoms with Gasteiger partial charge in [0.15, 0.2) is 0 Å². The molecule has 1 aromatic rings. The first-order valence-electron chi connectivity index (χ1n) is 6.63. The zero-order chi connectivity index (χ0) is 12.4. The van der Waals surface area contributed by atoms with Gasteiger partial charge < -0.3 is 4.90 Å². The fraction of sp³-hybridized carbons (Fsp3) is 0.500. The highest BCUT2D eigenvalue weighted by atomic mass is 35.5. The summed E-state index contributed by atoms with van der Waals surface area (Å²) in [5, 5.41) is 0.791. The van der Waals surface area contributed by atoms with Crippen LogP contribution in [0, 0.1) is 0 Å². The summed E-state index contributed by atoms with van der Waals surface area (Å²) < 4.78 is 4.41. The summed E-state index contributed by atoms with van der Waals surface area (Å²) in [5.74, 6) is 0. The third kappa shape index (κ3) is 2.52. The van der Waals surface area contributed by atoms with E-state index in [2.05, 4.69) is 15.4 Å². The molecular formula is C14H17ClN2S. The molecule has 0 saturated heterocycles. The lowest BCUT2D eigenvalue weighted by Gasteiger charge is -2.32. The fourth-order valence-electron chi connectivity index (χ4n) is 2.79. The summed E-state index contributed by atoms with van der Waals surface area (Å²) in [6.45, 7) is 0. The smallest absolute Gasteiger partial charge is 0.104 e. The zero-order valence-corrected chi connectivity index (χ0v) is 11.9. The van der Waals surface area contributed by atoms with Crippen molar-refractivity contribution in [1.29, 1.82) is 0 Å². The van der Waals surface area contributed by atoms with Crippen LogP contribution in [0.5, 0.6) is 0 Å². The second-order valence-corrected chi connectivity index (χ2v) is 6.25. The van der Waals surface area contributed by atoms with Crippen LogP contribution in [0.25, 0.3) is 0 Å². The average Bonchev–Trinajstić information content (AvgIpc) is 2.66. The zero-order valence-electron chi connectivity index (χ0n) is 10.3. The standard InChI is InChI=1S/C14H17ClN2S/c15-11-7-8-13-14(9-11)18-16-10-17(13)12-5-3-1-2-4-6-12/h7-10,12H,1-6H2. The maximum Gasteiger partial charge on any atom is 0.104 e. The normalized spacial score (nSPS) is 20.6. The van der Waals surface area contributed by atoms with Crippen LogP contribution in [0.2, 0.25) is 5.02 Å². The van der Waals surface area contributed by atoms with Crippen molar-refractivity contribution in [3.63, 3.8) is 0 Å². The minimum Gasteiger partial charge on any atom is -0.328 e. The van der Waals surface area contributed by atoms with Crippen LogP contribution in [0.1, 0.15) is 38.5 Å². The number of nitrogens with zero attached hydrogens (tertiary/aromatic N) is 2. The van der Waals surface area contributed by atoms with E-state index in [9.17, 15) is 0 Å². The van der Waals surface area contributed by atoms with Crippen molar-refractivity contribution >= 4 is 35.6 Å². The molecule has 1 aromatic carbocycles. The quantitative estimate of drug-likeness (QED) is 0.536. The van der Waals surface area contributed by atoms with E-state index in [1.165, 1.54) is 61.1 Å². The van der Waals surface area contributed by atoms with Crippen LogP contribution in [0.3, 0.4) is 0 Å². The van der Waals surface area contributed by atoms with Gasteiger partial charge in [0.05, 0.1) is 10.6 Å². The lowest BCUT2D eigenvalue weighted by atomic mass is 10.1. The Kier molecular flexibility index (Phi) is 3.80. The summed E-state index contributed by atoms with van der Waals surface area (Å²) in [7, 11) is 0. The summed E-state index contributed by atoms with van der Waals surface area (Å²) >= 11 is 7.57. The number of fused-ring (bicyclic) bond motifs is 1. The third-order valence-corrected chi connectivity index (χ3v) is 4.70. The average molecular weight is 281 g/mol. The van der Waals surface area contributed by atoms with Gasteiger partial charge in [-0.05, 0) is 31.0 Å². The van der Waals surface area contributed by atoms with Crippen molar-refractivity contribution in [2.75, 3.05) is 4.90 Å². The first-order valence-corrected chi connectivity index (χ1v) is 7.78. The molecule has 0 spiro atoms. The van der Waals surface area contributed by atoms with E-state index in [0.717, 1.165) is 5.02 Å². The molecule has 0 atom stereocenters. The van der Waals surface area contributed by atoms with Crippen LogP contribution < -0.4 is 4.90 Å². The first-order chi connectivity index (χ1) is 8.84. The van der Waals surface area contributed by atoms with Gasteiger partial charge in [-0.15, -0.1) is 0 Å². The van der Waals surface area contributed by atoms with Gasteiger partial charge in [-0.3, -0.25) is 0 Å². The molecule has 1 aliphatic carbocycles. The molecule has 96 valence electrons. The summed E-state index contributed by atoms with van der Waals surface area (Å²) in [4.78, 5) is 3.53. The molecule has 1 aliphatic heterocycles. The Morgan fingerprint density at radius 1 is 1.17 bits per heavy atom. The molecule has 0 unspecified atom stereocenters. The maximum absolute atomic E-state index is 6.05. The van der Waals surface area contributed by atoms with Crippen molar-refractivity contribution in [3.8, 4) is 0 Å². The number of hydrogen-bond donors (Lipinski definition) is 0. The lowest BCUT2D eigenvalue weighted by molar-refractivity contribution is 0.578. The van der Waals surface area contributed by atoms with Crippen molar-refractivity contribution in [2.45, 2.75) is 49.5 Å². The summed E-state index contributed by atoms with van der Waals surface area (Å²) in [5.41, 5.74) is 1.27. The van der Waals surface area contributed by atoms with Gasteiger partial charge in [-0.25, -0.2) is 4.40 Å². The maximum atomic E-state index is 6.05. The molecule has 1 heterocycles. The molecule has 0 aromatic heterocycles. The second kappa shape index (κ2) is 5.54. The third-order valence-electron chi connectivity index (χ3n) is 3.74. The van der Waals surface area contributed by atoms with E-state index >= 15 is 0 Å². The molecule has 0 amide bonds. The fourth-order valence-corrected chi connectivity index (χ4v) is 3.74. The van der Waals surface area contributed by atoms with Gasteiger partial charge in [0.25, 0.3) is 0 Å². The molecule has 0 radical (unpaired) electrons. The van der Waals surface area contributed by atoms with Crippen LogP contribution >= 0.6 is 23.5 Å². The van der Waals surface area contributed by atoms with Gasteiger partial charge in [0.2, 0.25) is 0 Å². The monoisotopic (exact) mass is 280 g/mol. The predicted molar refractivity (Wildman–Crippen MR) is 79.8 cm³/mol. The van der Waals surface area contributed by atoms with Crippen molar-refractivity contribution < 1.29 is 0 Å². The van der Waals surface area contributed by atoms with E-state index in [-0.39, 0.29) is 0 Å². The Hall–Kier alpha value is -0.670. The topological polar surface area (TPSA) is 15.6 Å². The minimum absolute atomic E-state index is 0.608. The Bertz CT molecular complexity index is 453. The van der Waals surface area contributed by atoms with E-state index in [1.54, 1.807) is 0 Å². The Labute approximate surface area is 118 Å². The number of hydrogen-bond acceptors (Lipinski definition) is 3. The van der Waals surface area contributed by atoms with Gasteiger partial charge in [-0.1, -0.05) is 37.3 Å². The molecule has 18 heavy (non-hydrogen) atoms. The molecule has 3 rings (SSSR count).